The number of benzene rings is 2. The number of carbonyl (C=O) groups is 2. The van der Waals surface area contributed by atoms with Gasteiger partial charge in [0.2, 0.25) is 0 Å². The number of rotatable bonds is 13. The smallest absolute Gasteiger partial charge is 0.254 e. The van der Waals surface area contributed by atoms with Crippen molar-refractivity contribution >= 4 is 23.2 Å². The van der Waals surface area contributed by atoms with Crippen LogP contribution in [0.5, 0.6) is 0 Å². The predicted octanol–water partition coefficient (Wildman–Crippen LogP) is 4.20. The van der Waals surface area contributed by atoms with E-state index in [2.05, 4.69) is 32.7 Å². The Balaban J connectivity index is 1.49. The first-order valence-corrected chi connectivity index (χ1v) is 14.6. The van der Waals surface area contributed by atoms with E-state index in [1.165, 1.54) is 11.3 Å². The second kappa shape index (κ2) is 14.2. The van der Waals surface area contributed by atoms with Crippen molar-refractivity contribution < 1.29 is 14.7 Å². The van der Waals surface area contributed by atoms with Crippen molar-refractivity contribution in [3.05, 3.63) is 105 Å². The molecule has 2 aromatic heterocycles. The Labute approximate surface area is 245 Å². The standard InChI is InChI=1S/C31H38N6O3S/c1-5-26(25-15-33-34-16-25)32-17-28(38)27(13-22-9-7-6-8-10-22)36-30(39)23-11-20(2)12-24(14-23)31(40)37(4)18-29-35-21(3)19-41-29/h6-12,14-16,19,26-28,32,38H,5,13,17-18H2,1-4H3,(H,33,34)(H,36,39)/t26?,27-,28+/m0/s1. The maximum Gasteiger partial charge on any atom is 0.254 e. The van der Waals surface area contributed by atoms with Gasteiger partial charge in [0.05, 0.1) is 24.9 Å². The van der Waals surface area contributed by atoms with E-state index in [9.17, 15) is 14.7 Å². The third-order valence-corrected chi connectivity index (χ3v) is 7.91. The van der Waals surface area contributed by atoms with E-state index in [-0.39, 0.29) is 24.4 Å². The average Bonchev–Trinajstić information content (AvgIpc) is 3.64. The van der Waals surface area contributed by atoms with Crippen LogP contribution in [0, 0.1) is 13.8 Å². The van der Waals surface area contributed by atoms with Crippen molar-refractivity contribution in [3.63, 3.8) is 0 Å². The maximum absolute atomic E-state index is 13.5. The van der Waals surface area contributed by atoms with Gasteiger partial charge in [0.1, 0.15) is 5.01 Å². The number of carbonyl (C=O) groups excluding carboxylic acids is 2. The van der Waals surface area contributed by atoms with Gasteiger partial charge in [0.15, 0.2) is 0 Å². The van der Waals surface area contributed by atoms with Crippen LogP contribution in [0.3, 0.4) is 0 Å². The molecule has 0 aliphatic heterocycles. The minimum atomic E-state index is -0.862. The van der Waals surface area contributed by atoms with E-state index in [0.29, 0.717) is 24.1 Å². The van der Waals surface area contributed by atoms with Crippen LogP contribution in [0.1, 0.15) is 67.5 Å². The molecule has 0 fully saturated rings. The zero-order valence-corrected chi connectivity index (χ0v) is 24.7. The average molecular weight is 575 g/mol. The maximum atomic E-state index is 13.5. The highest BCUT2D eigenvalue weighted by molar-refractivity contribution is 7.09. The minimum absolute atomic E-state index is 0.0205. The molecular weight excluding hydrogens is 536 g/mol. The number of nitrogens with one attached hydrogen (secondary N) is 3. The van der Waals surface area contributed by atoms with Gasteiger partial charge >= 0.3 is 0 Å². The van der Waals surface area contributed by atoms with Crippen LogP contribution in [0.4, 0.5) is 0 Å². The van der Waals surface area contributed by atoms with E-state index >= 15 is 0 Å². The van der Waals surface area contributed by atoms with Crippen molar-refractivity contribution in [1.82, 2.24) is 30.7 Å². The molecule has 4 rings (SSSR count). The van der Waals surface area contributed by atoms with E-state index in [0.717, 1.165) is 33.8 Å². The van der Waals surface area contributed by atoms with Crippen molar-refractivity contribution in [2.45, 2.75) is 58.3 Å². The van der Waals surface area contributed by atoms with Crippen LogP contribution in [0.2, 0.25) is 0 Å². The topological polar surface area (TPSA) is 123 Å². The first-order valence-electron chi connectivity index (χ1n) is 13.8. The third-order valence-electron chi connectivity index (χ3n) is 6.95. The number of aliphatic hydroxyl groups is 1. The molecule has 0 bridgehead atoms. The summed E-state index contributed by atoms with van der Waals surface area (Å²) >= 11 is 1.52. The number of nitrogens with zero attached hydrogens (tertiary/aromatic N) is 3. The molecule has 0 aliphatic carbocycles. The largest absolute Gasteiger partial charge is 0.390 e. The molecule has 2 aromatic carbocycles. The molecule has 4 aromatic rings. The molecule has 0 saturated heterocycles. The van der Waals surface area contributed by atoms with Crippen LogP contribution >= 0.6 is 11.3 Å². The van der Waals surface area contributed by atoms with Gasteiger partial charge in [0.25, 0.3) is 11.8 Å². The number of aliphatic hydroxyl groups excluding tert-OH is 1. The fraction of sp³-hybridized carbons (Fsp3) is 0.355. The summed E-state index contributed by atoms with van der Waals surface area (Å²) in [6, 6.07) is 14.4. The molecule has 4 N–H and O–H groups in total. The highest BCUT2D eigenvalue weighted by Gasteiger charge is 2.25. The van der Waals surface area contributed by atoms with Gasteiger partial charge in [0, 0.05) is 53.6 Å². The molecule has 10 heteroatoms. The molecule has 1 unspecified atom stereocenters. The quantitative estimate of drug-likeness (QED) is 0.190. The van der Waals surface area contributed by atoms with Gasteiger partial charge in [-0.25, -0.2) is 4.98 Å². The van der Waals surface area contributed by atoms with Gasteiger partial charge in [-0.05, 0) is 56.0 Å². The number of hydrogen-bond acceptors (Lipinski definition) is 7. The summed E-state index contributed by atoms with van der Waals surface area (Å²) in [5.41, 5.74) is 4.53. The summed E-state index contributed by atoms with van der Waals surface area (Å²) in [5, 5.41) is 27.4. The van der Waals surface area contributed by atoms with E-state index in [4.69, 9.17) is 0 Å². The predicted molar refractivity (Wildman–Crippen MR) is 161 cm³/mol. The zero-order valence-electron chi connectivity index (χ0n) is 23.9. The van der Waals surface area contributed by atoms with Gasteiger partial charge in [-0.1, -0.05) is 37.3 Å². The highest BCUT2D eigenvalue weighted by Crippen LogP contribution is 2.18. The number of thiazole rings is 1. The molecule has 0 aliphatic rings. The van der Waals surface area contributed by atoms with Gasteiger partial charge < -0.3 is 20.6 Å². The molecule has 9 nitrogen and oxygen atoms in total. The lowest BCUT2D eigenvalue weighted by Gasteiger charge is -2.27. The number of aromatic amines is 1. The van der Waals surface area contributed by atoms with Gasteiger partial charge in [-0.2, -0.15) is 5.10 Å². The molecule has 3 atom stereocenters. The van der Waals surface area contributed by atoms with Crippen molar-refractivity contribution in [2.75, 3.05) is 13.6 Å². The number of amides is 2. The summed E-state index contributed by atoms with van der Waals surface area (Å²) in [7, 11) is 1.73. The van der Waals surface area contributed by atoms with Gasteiger partial charge in [-0.3, -0.25) is 14.7 Å². The first kappa shape index (κ1) is 30.1. The second-order valence-electron chi connectivity index (χ2n) is 10.4. The second-order valence-corrected chi connectivity index (χ2v) is 11.3. The van der Waals surface area contributed by atoms with E-state index in [1.54, 1.807) is 36.3 Å². The lowest BCUT2D eigenvalue weighted by atomic mass is 9.99. The fourth-order valence-corrected chi connectivity index (χ4v) is 5.59. The molecular formula is C31H38N6O3S. The molecule has 0 spiro atoms. The monoisotopic (exact) mass is 574 g/mol. The van der Waals surface area contributed by atoms with Crippen molar-refractivity contribution in [2.24, 2.45) is 0 Å². The Bertz CT molecular complexity index is 1420. The Morgan fingerprint density at radius 1 is 1.12 bits per heavy atom. The molecule has 41 heavy (non-hydrogen) atoms. The fourth-order valence-electron chi connectivity index (χ4n) is 4.77. The molecule has 0 saturated carbocycles. The normalized spacial score (nSPS) is 13.4. The summed E-state index contributed by atoms with van der Waals surface area (Å²) in [4.78, 5) is 32.8. The highest BCUT2D eigenvalue weighted by atomic mass is 32.1. The van der Waals surface area contributed by atoms with E-state index < -0.39 is 12.1 Å². The zero-order chi connectivity index (χ0) is 29.4. The first-order chi connectivity index (χ1) is 19.7. The summed E-state index contributed by atoms with van der Waals surface area (Å²) < 4.78 is 0. The van der Waals surface area contributed by atoms with Crippen molar-refractivity contribution in [1.29, 1.82) is 0 Å². The number of H-pyrrole nitrogens is 1. The molecule has 2 heterocycles. The van der Waals surface area contributed by atoms with E-state index in [1.807, 2.05) is 55.8 Å². The Morgan fingerprint density at radius 3 is 2.54 bits per heavy atom. The van der Waals surface area contributed by atoms with Crippen LogP contribution in [-0.2, 0) is 13.0 Å². The molecule has 216 valence electrons. The SMILES string of the molecule is CCC(NC[C@@H](O)[C@H](Cc1ccccc1)NC(=O)c1cc(C)cc(C(=O)N(C)Cc2nc(C)cs2)c1)c1cn[nH]c1. The number of aromatic nitrogens is 3. The summed E-state index contributed by atoms with van der Waals surface area (Å²) in [6.45, 7) is 6.51. The van der Waals surface area contributed by atoms with Crippen LogP contribution in [0.15, 0.2) is 66.3 Å². The van der Waals surface area contributed by atoms with Crippen LogP contribution < -0.4 is 10.6 Å². The van der Waals surface area contributed by atoms with Crippen LogP contribution in [0.25, 0.3) is 0 Å². The summed E-state index contributed by atoms with van der Waals surface area (Å²) in [5.74, 6) is -0.534. The molecule has 0 radical (unpaired) electrons. The molecule has 2 amide bonds. The Morgan fingerprint density at radius 2 is 1.88 bits per heavy atom. The minimum Gasteiger partial charge on any atom is -0.390 e. The van der Waals surface area contributed by atoms with Gasteiger partial charge in [-0.15, -0.1) is 11.3 Å². The lowest BCUT2D eigenvalue weighted by molar-refractivity contribution is 0.0784. The number of hydrogen-bond donors (Lipinski definition) is 4. The lowest BCUT2D eigenvalue weighted by Crippen LogP contribution is -2.49. The third kappa shape index (κ3) is 8.32. The number of aryl methyl sites for hydroxylation is 2. The Kier molecular flexibility index (Phi) is 10.4. The Hall–Kier alpha value is -3.86. The van der Waals surface area contributed by atoms with Crippen molar-refractivity contribution in [3.8, 4) is 0 Å². The summed E-state index contributed by atoms with van der Waals surface area (Å²) in [6.07, 6.45) is 4.01. The van der Waals surface area contributed by atoms with Crippen LogP contribution in [-0.4, -0.2) is 62.7 Å².